The molecule has 0 aliphatic heterocycles. The van der Waals surface area contributed by atoms with Gasteiger partial charge in [0.25, 0.3) is 5.56 Å². The zero-order valence-electron chi connectivity index (χ0n) is 13.2. The van der Waals surface area contributed by atoms with Crippen LogP contribution in [-0.2, 0) is 16.1 Å². The van der Waals surface area contributed by atoms with Crippen molar-refractivity contribution in [3.8, 4) is 0 Å². The predicted octanol–water partition coefficient (Wildman–Crippen LogP) is 3.57. The molecule has 0 unspecified atom stereocenters. The molecule has 3 rings (SSSR count). The Balaban J connectivity index is 1.50. The summed E-state index contributed by atoms with van der Waals surface area (Å²) in [5, 5.41) is 0.683. The molecule has 5 nitrogen and oxygen atoms in total. The summed E-state index contributed by atoms with van der Waals surface area (Å²) in [5.74, 6) is 0.283. The number of ether oxygens (including phenoxy) is 1. The van der Waals surface area contributed by atoms with E-state index in [1.165, 1.54) is 10.5 Å². The SMILES string of the molecule is O=C(CCSc1ccc(Cl)cc1)OCc1cc(=O)n2ccccc2n1. The quantitative estimate of drug-likeness (QED) is 0.487. The lowest BCUT2D eigenvalue weighted by molar-refractivity contribution is -0.144. The third-order valence-corrected chi connectivity index (χ3v) is 4.66. The maximum atomic E-state index is 12.0. The summed E-state index contributed by atoms with van der Waals surface area (Å²) in [5.41, 5.74) is 0.768. The summed E-state index contributed by atoms with van der Waals surface area (Å²) in [4.78, 5) is 29.2. The Bertz CT molecular complexity index is 941. The van der Waals surface area contributed by atoms with E-state index < -0.39 is 0 Å². The van der Waals surface area contributed by atoms with Crippen LogP contribution in [0.3, 0.4) is 0 Å². The van der Waals surface area contributed by atoms with Crippen LogP contribution in [0.25, 0.3) is 5.65 Å². The van der Waals surface area contributed by atoms with Crippen LogP contribution >= 0.6 is 23.4 Å². The van der Waals surface area contributed by atoms with Gasteiger partial charge in [-0.05, 0) is 36.4 Å². The van der Waals surface area contributed by atoms with Crippen LogP contribution in [0.1, 0.15) is 12.1 Å². The van der Waals surface area contributed by atoms with E-state index >= 15 is 0 Å². The normalized spacial score (nSPS) is 10.8. The van der Waals surface area contributed by atoms with E-state index in [4.69, 9.17) is 16.3 Å². The van der Waals surface area contributed by atoms with Gasteiger partial charge in [-0.1, -0.05) is 17.7 Å². The first-order chi connectivity index (χ1) is 12.1. The first kappa shape index (κ1) is 17.5. The van der Waals surface area contributed by atoms with E-state index in [2.05, 4.69) is 4.98 Å². The molecule has 0 saturated carbocycles. The number of thioether (sulfide) groups is 1. The molecule has 1 aromatic carbocycles. The van der Waals surface area contributed by atoms with Gasteiger partial charge in [0, 0.05) is 27.9 Å². The van der Waals surface area contributed by atoms with Crippen molar-refractivity contribution in [3.05, 3.63) is 75.8 Å². The van der Waals surface area contributed by atoms with Crippen molar-refractivity contribution in [3.63, 3.8) is 0 Å². The number of halogens is 1. The zero-order valence-corrected chi connectivity index (χ0v) is 14.8. The maximum absolute atomic E-state index is 12.0. The van der Waals surface area contributed by atoms with Crippen LogP contribution in [-0.4, -0.2) is 21.1 Å². The van der Waals surface area contributed by atoms with Crippen LogP contribution in [0.4, 0.5) is 0 Å². The van der Waals surface area contributed by atoms with Crippen molar-refractivity contribution in [2.75, 3.05) is 5.75 Å². The van der Waals surface area contributed by atoms with Crippen molar-refractivity contribution in [2.24, 2.45) is 0 Å². The lowest BCUT2D eigenvalue weighted by Crippen LogP contribution is -2.16. The van der Waals surface area contributed by atoms with Gasteiger partial charge in [-0.2, -0.15) is 0 Å². The van der Waals surface area contributed by atoms with Crippen LogP contribution in [0.2, 0.25) is 5.02 Å². The molecule has 2 heterocycles. The fourth-order valence-corrected chi connectivity index (χ4v) is 3.15. The summed E-state index contributed by atoms with van der Waals surface area (Å²) >= 11 is 7.39. The summed E-state index contributed by atoms with van der Waals surface area (Å²) in [6, 6.07) is 14.1. The van der Waals surface area contributed by atoms with Crippen molar-refractivity contribution < 1.29 is 9.53 Å². The third-order valence-electron chi connectivity index (χ3n) is 3.39. The minimum Gasteiger partial charge on any atom is -0.459 e. The molecule has 0 N–H and O–H groups in total. The van der Waals surface area contributed by atoms with Gasteiger partial charge >= 0.3 is 5.97 Å². The van der Waals surface area contributed by atoms with Gasteiger partial charge in [-0.25, -0.2) is 4.98 Å². The summed E-state index contributed by atoms with van der Waals surface area (Å²) in [7, 11) is 0. The fraction of sp³-hybridized carbons (Fsp3) is 0.167. The highest BCUT2D eigenvalue weighted by molar-refractivity contribution is 7.99. The van der Waals surface area contributed by atoms with Crippen LogP contribution in [0, 0.1) is 0 Å². The van der Waals surface area contributed by atoms with Crippen LogP contribution < -0.4 is 5.56 Å². The Labute approximate surface area is 153 Å². The molecule has 0 spiro atoms. The molecular weight excluding hydrogens is 360 g/mol. The Morgan fingerprint density at radius 2 is 2.00 bits per heavy atom. The van der Waals surface area contributed by atoms with E-state index in [0.717, 1.165) is 4.90 Å². The zero-order chi connectivity index (χ0) is 17.6. The van der Waals surface area contributed by atoms with E-state index in [1.54, 1.807) is 36.2 Å². The number of hydrogen-bond acceptors (Lipinski definition) is 5. The van der Waals surface area contributed by atoms with Gasteiger partial charge in [-0.15, -0.1) is 11.8 Å². The molecule has 25 heavy (non-hydrogen) atoms. The standard InChI is InChI=1S/C18H15ClN2O3S/c19-13-4-6-15(7-5-13)25-10-8-18(23)24-12-14-11-17(22)21-9-2-1-3-16(21)20-14/h1-7,9,11H,8,10,12H2. The average Bonchev–Trinajstić information content (AvgIpc) is 2.62. The Hall–Kier alpha value is -2.31. The van der Waals surface area contributed by atoms with Crippen LogP contribution in [0.5, 0.6) is 0 Å². The average molecular weight is 375 g/mol. The molecule has 7 heteroatoms. The molecule has 0 fully saturated rings. The number of fused-ring (bicyclic) bond motifs is 1. The molecule has 0 aliphatic carbocycles. The van der Waals surface area contributed by atoms with E-state index in [-0.39, 0.29) is 24.6 Å². The van der Waals surface area contributed by atoms with Gasteiger partial charge < -0.3 is 4.74 Å². The molecule has 0 aliphatic rings. The molecule has 2 aromatic heterocycles. The number of carbonyl (C=O) groups is 1. The second-order valence-electron chi connectivity index (χ2n) is 5.23. The Morgan fingerprint density at radius 3 is 2.80 bits per heavy atom. The second-order valence-corrected chi connectivity index (χ2v) is 6.83. The van der Waals surface area contributed by atoms with Gasteiger partial charge in [0.15, 0.2) is 0 Å². The topological polar surface area (TPSA) is 60.7 Å². The van der Waals surface area contributed by atoms with Crippen molar-refractivity contribution in [1.29, 1.82) is 0 Å². The van der Waals surface area contributed by atoms with E-state index in [1.807, 2.05) is 24.3 Å². The van der Waals surface area contributed by atoms with Crippen molar-refractivity contribution in [1.82, 2.24) is 9.38 Å². The maximum Gasteiger partial charge on any atom is 0.307 e. The fourth-order valence-electron chi connectivity index (χ4n) is 2.19. The molecule has 0 amide bonds. The molecule has 3 aromatic rings. The second kappa shape index (κ2) is 8.18. The minimum atomic E-state index is -0.323. The van der Waals surface area contributed by atoms with Crippen LogP contribution in [0.15, 0.2) is 64.4 Å². The largest absolute Gasteiger partial charge is 0.459 e. The number of pyridine rings is 1. The van der Waals surface area contributed by atoms with Gasteiger partial charge in [0.1, 0.15) is 12.3 Å². The highest BCUT2D eigenvalue weighted by Gasteiger charge is 2.07. The summed E-state index contributed by atoms with van der Waals surface area (Å²) in [6.07, 6.45) is 1.92. The summed E-state index contributed by atoms with van der Waals surface area (Å²) in [6.45, 7) is -0.00885. The lowest BCUT2D eigenvalue weighted by atomic mass is 10.4. The first-order valence-electron chi connectivity index (χ1n) is 7.63. The number of aromatic nitrogens is 2. The Kier molecular flexibility index (Phi) is 5.73. The first-order valence-corrected chi connectivity index (χ1v) is 8.99. The number of hydrogen-bond donors (Lipinski definition) is 0. The molecule has 0 radical (unpaired) electrons. The lowest BCUT2D eigenvalue weighted by Gasteiger charge is -2.06. The highest BCUT2D eigenvalue weighted by atomic mass is 35.5. The third kappa shape index (κ3) is 4.84. The molecule has 0 saturated heterocycles. The van der Waals surface area contributed by atoms with Gasteiger partial charge in [0.05, 0.1) is 12.1 Å². The number of rotatable bonds is 6. The van der Waals surface area contributed by atoms with E-state index in [0.29, 0.717) is 22.1 Å². The number of benzene rings is 1. The molecule has 128 valence electrons. The van der Waals surface area contributed by atoms with Crippen molar-refractivity contribution in [2.45, 2.75) is 17.9 Å². The summed E-state index contributed by atoms with van der Waals surface area (Å²) < 4.78 is 6.64. The predicted molar refractivity (Wildman–Crippen MR) is 98.1 cm³/mol. The smallest absolute Gasteiger partial charge is 0.307 e. The highest BCUT2D eigenvalue weighted by Crippen LogP contribution is 2.21. The van der Waals surface area contributed by atoms with Crippen molar-refractivity contribution >= 4 is 35.0 Å². The number of esters is 1. The molecular formula is C18H15ClN2O3S. The number of nitrogens with zero attached hydrogens (tertiary/aromatic N) is 2. The molecule has 0 bridgehead atoms. The minimum absolute atomic E-state index is 0.00885. The Morgan fingerprint density at radius 1 is 1.20 bits per heavy atom. The molecule has 0 atom stereocenters. The van der Waals surface area contributed by atoms with E-state index in [9.17, 15) is 9.59 Å². The monoisotopic (exact) mass is 374 g/mol. The van der Waals surface area contributed by atoms with Gasteiger partial charge in [-0.3, -0.25) is 14.0 Å². The number of carbonyl (C=O) groups excluding carboxylic acids is 1. The van der Waals surface area contributed by atoms with Gasteiger partial charge in [0.2, 0.25) is 0 Å².